The fourth-order valence-corrected chi connectivity index (χ4v) is 3.66. The number of fused-ring (bicyclic) bond motifs is 2. The molecule has 6 nitrogen and oxygen atoms in total. The minimum atomic E-state index is -0.216. The van der Waals surface area contributed by atoms with Crippen LogP contribution in [0.1, 0.15) is 11.4 Å². The van der Waals surface area contributed by atoms with Crippen LogP contribution in [-0.4, -0.2) is 18.9 Å². The van der Waals surface area contributed by atoms with E-state index in [4.69, 9.17) is 11.6 Å². The second-order valence-corrected chi connectivity index (χ2v) is 6.69. The molecule has 0 amide bonds. The normalized spacial score (nSPS) is 11.4. The molecule has 0 fully saturated rings. The summed E-state index contributed by atoms with van der Waals surface area (Å²) in [4.78, 5) is 34.2. The number of thiazole rings is 1. The van der Waals surface area contributed by atoms with E-state index >= 15 is 0 Å². The highest BCUT2D eigenvalue weighted by molar-refractivity contribution is 7.15. The zero-order valence-corrected chi connectivity index (χ0v) is 14.1. The second-order valence-electron chi connectivity index (χ2n) is 5.42. The molecule has 0 spiro atoms. The number of nitrogens with zero attached hydrogens (tertiary/aromatic N) is 4. The van der Waals surface area contributed by atoms with Crippen molar-refractivity contribution in [1.82, 2.24) is 18.9 Å². The van der Waals surface area contributed by atoms with Gasteiger partial charge in [-0.25, -0.2) is 9.97 Å². The van der Waals surface area contributed by atoms with Gasteiger partial charge in [0.1, 0.15) is 0 Å². The average molecular weight is 359 g/mol. The van der Waals surface area contributed by atoms with Gasteiger partial charge in [-0.3, -0.25) is 18.6 Å². The molecule has 120 valence electrons. The lowest BCUT2D eigenvalue weighted by Crippen LogP contribution is -2.23. The van der Waals surface area contributed by atoms with Crippen molar-refractivity contribution < 1.29 is 0 Å². The predicted octanol–water partition coefficient (Wildman–Crippen LogP) is 2.48. The molecule has 0 bridgehead atoms. The summed E-state index contributed by atoms with van der Waals surface area (Å²) in [7, 11) is 0. The van der Waals surface area contributed by atoms with Crippen LogP contribution in [0.25, 0.3) is 15.9 Å². The maximum atomic E-state index is 12.6. The molecule has 1 aromatic carbocycles. The minimum Gasteiger partial charge on any atom is -0.293 e. The molecular formula is C16H11ClN4O2S. The van der Waals surface area contributed by atoms with E-state index in [-0.39, 0.29) is 17.7 Å². The molecule has 0 aliphatic heterocycles. The van der Waals surface area contributed by atoms with Crippen molar-refractivity contribution in [3.63, 3.8) is 0 Å². The second kappa shape index (κ2) is 5.54. The Bertz CT molecular complexity index is 1210. The van der Waals surface area contributed by atoms with E-state index in [1.807, 2.05) is 12.3 Å². The largest absolute Gasteiger partial charge is 0.293 e. The van der Waals surface area contributed by atoms with E-state index in [0.717, 1.165) is 5.69 Å². The molecule has 0 saturated heterocycles. The van der Waals surface area contributed by atoms with Crippen molar-refractivity contribution in [1.29, 1.82) is 0 Å². The van der Waals surface area contributed by atoms with E-state index in [9.17, 15) is 9.59 Å². The molecular weight excluding hydrogens is 348 g/mol. The summed E-state index contributed by atoms with van der Waals surface area (Å²) >= 11 is 7.35. The lowest BCUT2D eigenvalue weighted by molar-refractivity contribution is 0.727. The van der Waals surface area contributed by atoms with Crippen LogP contribution in [0.3, 0.4) is 0 Å². The molecule has 0 unspecified atom stereocenters. The van der Waals surface area contributed by atoms with E-state index in [1.165, 1.54) is 28.3 Å². The van der Waals surface area contributed by atoms with E-state index in [1.54, 1.807) is 22.6 Å². The highest BCUT2D eigenvalue weighted by Crippen LogP contribution is 2.15. The summed E-state index contributed by atoms with van der Waals surface area (Å²) in [5.41, 5.74) is 1.58. The van der Waals surface area contributed by atoms with Gasteiger partial charge in [-0.2, -0.15) is 0 Å². The number of hydrogen-bond acceptors (Lipinski definition) is 5. The van der Waals surface area contributed by atoms with Gasteiger partial charge in [-0.15, -0.1) is 11.3 Å². The Kier molecular flexibility index (Phi) is 3.47. The molecule has 0 aliphatic rings. The molecule has 0 N–H and O–H groups in total. The lowest BCUT2D eigenvalue weighted by atomic mass is 10.2. The van der Waals surface area contributed by atoms with Crippen LogP contribution in [0, 0.1) is 6.92 Å². The minimum absolute atomic E-state index is 0.154. The smallest absolute Gasteiger partial charge is 0.261 e. The topological polar surface area (TPSA) is 69.3 Å². The number of halogens is 1. The molecule has 0 radical (unpaired) electrons. The van der Waals surface area contributed by atoms with Crippen molar-refractivity contribution >= 4 is 38.8 Å². The Balaban J connectivity index is 1.83. The summed E-state index contributed by atoms with van der Waals surface area (Å²) in [6, 6.07) is 6.43. The van der Waals surface area contributed by atoms with Crippen LogP contribution in [0.5, 0.6) is 0 Å². The SMILES string of the molecule is Cc1csc2nc(Cn3cnc4ccc(Cl)cc4c3=O)cc(=O)n12. The van der Waals surface area contributed by atoms with Crippen molar-refractivity contribution in [3.8, 4) is 0 Å². The maximum absolute atomic E-state index is 12.6. The van der Waals surface area contributed by atoms with Gasteiger partial charge in [0.2, 0.25) is 0 Å². The number of rotatable bonds is 2. The van der Waals surface area contributed by atoms with Gasteiger partial charge in [-0.05, 0) is 25.1 Å². The van der Waals surface area contributed by atoms with Crippen LogP contribution in [0.15, 0.2) is 45.6 Å². The third-order valence-corrected chi connectivity index (χ3v) is 4.93. The van der Waals surface area contributed by atoms with Crippen LogP contribution in [0.4, 0.5) is 0 Å². The Morgan fingerprint density at radius 2 is 2.08 bits per heavy atom. The molecule has 0 aliphatic carbocycles. The molecule has 4 rings (SSSR count). The van der Waals surface area contributed by atoms with Gasteiger partial charge >= 0.3 is 0 Å². The number of benzene rings is 1. The van der Waals surface area contributed by atoms with Gasteiger partial charge in [0, 0.05) is 22.2 Å². The van der Waals surface area contributed by atoms with Crippen LogP contribution >= 0.6 is 22.9 Å². The number of aryl methyl sites for hydroxylation is 1. The molecule has 0 atom stereocenters. The first kappa shape index (κ1) is 15.0. The van der Waals surface area contributed by atoms with Crippen molar-refractivity contribution in [2.75, 3.05) is 0 Å². The lowest BCUT2D eigenvalue weighted by Gasteiger charge is -2.07. The molecule has 4 aromatic rings. The third kappa shape index (κ3) is 2.42. The molecule has 24 heavy (non-hydrogen) atoms. The third-order valence-electron chi connectivity index (χ3n) is 3.75. The Morgan fingerprint density at radius 1 is 1.25 bits per heavy atom. The van der Waals surface area contributed by atoms with Gasteiger partial charge < -0.3 is 0 Å². The summed E-state index contributed by atoms with van der Waals surface area (Å²) in [5.74, 6) is 0. The summed E-state index contributed by atoms with van der Waals surface area (Å²) in [6.07, 6.45) is 1.46. The number of hydrogen-bond donors (Lipinski definition) is 0. The van der Waals surface area contributed by atoms with Gasteiger partial charge in [0.15, 0.2) is 4.96 Å². The highest BCUT2D eigenvalue weighted by atomic mass is 35.5. The summed E-state index contributed by atoms with van der Waals surface area (Å²) < 4.78 is 2.98. The van der Waals surface area contributed by atoms with Crippen LogP contribution in [-0.2, 0) is 6.54 Å². The van der Waals surface area contributed by atoms with Gasteiger partial charge in [-0.1, -0.05) is 11.6 Å². The van der Waals surface area contributed by atoms with Crippen LogP contribution in [0.2, 0.25) is 5.02 Å². The first-order valence-electron chi connectivity index (χ1n) is 7.14. The van der Waals surface area contributed by atoms with E-state index < -0.39 is 0 Å². The first-order chi connectivity index (χ1) is 11.5. The van der Waals surface area contributed by atoms with Gasteiger partial charge in [0.05, 0.1) is 29.5 Å². The average Bonchev–Trinajstić information content (AvgIpc) is 2.92. The first-order valence-corrected chi connectivity index (χ1v) is 8.40. The zero-order valence-electron chi connectivity index (χ0n) is 12.6. The Labute approximate surface area is 144 Å². The fourth-order valence-electron chi connectivity index (χ4n) is 2.60. The van der Waals surface area contributed by atoms with Crippen LogP contribution < -0.4 is 11.1 Å². The summed E-state index contributed by atoms with van der Waals surface area (Å²) in [5, 5.41) is 2.79. The van der Waals surface area contributed by atoms with E-state index in [2.05, 4.69) is 9.97 Å². The van der Waals surface area contributed by atoms with Crippen molar-refractivity contribution in [2.24, 2.45) is 0 Å². The molecule has 8 heteroatoms. The molecule has 3 heterocycles. The highest BCUT2D eigenvalue weighted by Gasteiger charge is 2.09. The Morgan fingerprint density at radius 3 is 2.92 bits per heavy atom. The fraction of sp³-hybridized carbons (Fsp3) is 0.125. The van der Waals surface area contributed by atoms with Gasteiger partial charge in [0.25, 0.3) is 11.1 Å². The van der Waals surface area contributed by atoms with E-state index in [0.29, 0.717) is 26.6 Å². The quantitative estimate of drug-likeness (QED) is 0.552. The predicted molar refractivity (Wildman–Crippen MR) is 94.2 cm³/mol. The Hall–Kier alpha value is -2.51. The molecule has 0 saturated carbocycles. The standard InChI is InChI=1S/C16H11ClN4O2S/c1-9-7-24-16-19-11(5-14(22)21(9)16)6-20-8-18-13-3-2-10(17)4-12(13)15(20)23/h2-5,7-8H,6H2,1H3. The van der Waals surface area contributed by atoms with Crippen molar-refractivity contribution in [3.05, 3.63) is 73.1 Å². The van der Waals surface area contributed by atoms with Crippen molar-refractivity contribution in [2.45, 2.75) is 13.5 Å². The maximum Gasteiger partial charge on any atom is 0.261 e. The summed E-state index contributed by atoms with van der Waals surface area (Å²) in [6.45, 7) is 2.03. The zero-order chi connectivity index (χ0) is 16.8. The number of aromatic nitrogens is 4. The molecule has 3 aromatic heterocycles. The monoisotopic (exact) mass is 358 g/mol.